The number of halogens is 4. The van der Waals surface area contributed by atoms with Gasteiger partial charge in [0.2, 0.25) is 5.43 Å². The van der Waals surface area contributed by atoms with Crippen molar-refractivity contribution in [1.29, 1.82) is 0 Å². The number of benzene rings is 2. The van der Waals surface area contributed by atoms with E-state index in [1.165, 1.54) is 18.2 Å². The molecule has 1 heterocycles. The van der Waals surface area contributed by atoms with Crippen molar-refractivity contribution in [3.8, 4) is 5.75 Å². The third kappa shape index (κ3) is 6.14. The van der Waals surface area contributed by atoms with Crippen LogP contribution in [0.2, 0.25) is 10.0 Å². The molecule has 10 heteroatoms. The monoisotopic (exact) mass is 563 g/mol. The molecule has 1 amide bonds. The number of nitrogens with zero attached hydrogens (tertiary/aromatic N) is 1. The van der Waals surface area contributed by atoms with Crippen LogP contribution in [0.15, 0.2) is 41.3 Å². The lowest BCUT2D eigenvalue weighted by Gasteiger charge is -2.29. The summed E-state index contributed by atoms with van der Waals surface area (Å²) in [6, 6.07) is 7.13. The fourth-order valence-corrected chi connectivity index (χ4v) is 5.32. The zero-order valence-corrected chi connectivity index (χ0v) is 22.3. The Balaban J connectivity index is 1.11. The maximum Gasteiger partial charge on any atom is 0.256 e. The van der Waals surface area contributed by atoms with Gasteiger partial charge in [-0.1, -0.05) is 23.2 Å². The van der Waals surface area contributed by atoms with Crippen molar-refractivity contribution in [2.75, 3.05) is 19.7 Å². The Labute approximate surface area is 229 Å². The normalized spacial score (nSPS) is 19.5. The summed E-state index contributed by atoms with van der Waals surface area (Å²) in [7, 11) is 0. The minimum Gasteiger partial charge on any atom is -0.492 e. The van der Waals surface area contributed by atoms with Crippen LogP contribution in [-0.4, -0.2) is 36.2 Å². The highest BCUT2D eigenvalue weighted by Crippen LogP contribution is 2.37. The average molecular weight is 564 g/mol. The lowest BCUT2D eigenvalue weighted by molar-refractivity contribution is 0.0920. The van der Waals surface area contributed by atoms with Gasteiger partial charge in [-0.05, 0) is 75.3 Å². The van der Waals surface area contributed by atoms with E-state index in [1.54, 1.807) is 12.3 Å². The first-order chi connectivity index (χ1) is 18.3. The van der Waals surface area contributed by atoms with Gasteiger partial charge in [-0.25, -0.2) is 8.78 Å². The smallest absolute Gasteiger partial charge is 0.256 e. The molecular weight excluding hydrogens is 535 g/mol. The van der Waals surface area contributed by atoms with Gasteiger partial charge in [0.05, 0.1) is 15.6 Å². The predicted molar refractivity (Wildman–Crippen MR) is 144 cm³/mol. The Morgan fingerprint density at radius 1 is 1.00 bits per heavy atom. The fraction of sp³-hybridized carbons (Fsp3) is 0.429. The zero-order chi connectivity index (χ0) is 26.8. The van der Waals surface area contributed by atoms with E-state index in [1.807, 2.05) is 4.57 Å². The summed E-state index contributed by atoms with van der Waals surface area (Å²) >= 11 is 11.6. The third-order valence-corrected chi connectivity index (χ3v) is 7.91. The number of carbonyl (C=O) groups is 1. The van der Waals surface area contributed by atoms with Crippen molar-refractivity contribution < 1.29 is 18.3 Å². The van der Waals surface area contributed by atoms with E-state index >= 15 is 0 Å². The zero-order valence-electron chi connectivity index (χ0n) is 20.7. The number of rotatable bonds is 9. The molecule has 0 spiro atoms. The molecule has 0 aliphatic heterocycles. The van der Waals surface area contributed by atoms with Gasteiger partial charge < -0.3 is 19.9 Å². The lowest BCUT2D eigenvalue weighted by Crippen LogP contribution is -2.41. The van der Waals surface area contributed by atoms with Crippen LogP contribution < -0.4 is 20.8 Å². The molecule has 0 atom stereocenters. The van der Waals surface area contributed by atoms with Crippen LogP contribution in [0.1, 0.15) is 54.9 Å². The quantitative estimate of drug-likeness (QED) is 0.319. The van der Waals surface area contributed by atoms with Crippen molar-refractivity contribution in [1.82, 2.24) is 15.2 Å². The molecule has 0 unspecified atom stereocenters. The van der Waals surface area contributed by atoms with Gasteiger partial charge in [0.25, 0.3) is 5.91 Å². The van der Waals surface area contributed by atoms with Gasteiger partial charge in [0, 0.05) is 36.3 Å². The van der Waals surface area contributed by atoms with Crippen molar-refractivity contribution in [3.05, 3.63) is 74.0 Å². The molecule has 3 aromatic rings. The van der Waals surface area contributed by atoms with Crippen molar-refractivity contribution in [2.24, 2.45) is 5.92 Å². The molecule has 2 aromatic carbocycles. The summed E-state index contributed by atoms with van der Waals surface area (Å²) in [5.41, 5.74) is 0.112. The van der Waals surface area contributed by atoms with Crippen LogP contribution in [0.5, 0.6) is 5.75 Å². The second kappa shape index (κ2) is 11.6. The highest BCUT2D eigenvalue weighted by Gasteiger charge is 2.29. The summed E-state index contributed by atoms with van der Waals surface area (Å²) in [5, 5.41) is 6.59. The minimum atomic E-state index is -0.673. The van der Waals surface area contributed by atoms with E-state index in [2.05, 4.69) is 10.6 Å². The molecule has 2 aliphatic carbocycles. The van der Waals surface area contributed by atoms with Crippen LogP contribution >= 0.6 is 23.2 Å². The van der Waals surface area contributed by atoms with Gasteiger partial charge in [0.15, 0.2) is 0 Å². The predicted octanol–water partition coefficient (Wildman–Crippen LogP) is 5.88. The number of amides is 1. The van der Waals surface area contributed by atoms with E-state index in [-0.39, 0.29) is 33.1 Å². The maximum atomic E-state index is 14.1. The minimum absolute atomic E-state index is 0.0201. The molecular formula is C28H29Cl2F2N3O3. The highest BCUT2D eigenvalue weighted by molar-refractivity contribution is 6.31. The number of pyridine rings is 1. The van der Waals surface area contributed by atoms with E-state index in [0.717, 1.165) is 51.1 Å². The standard InChI is InChI=1S/C28H29Cl2F2N3O3/c29-22-8-7-19(11-24(22)31)38-10-9-33-14-16-1-3-17(4-2-16)34-28(37)21-15-35(18-5-6-18)26-13-23(30)25(32)12-20(26)27(21)36/h7-8,11-13,15-18,33H,1-6,9-10,14H2,(H,34,37). The van der Waals surface area contributed by atoms with E-state index in [4.69, 9.17) is 27.9 Å². The molecule has 2 N–H and O–H groups in total. The number of aromatic nitrogens is 1. The second-order valence-electron chi connectivity index (χ2n) is 10.1. The van der Waals surface area contributed by atoms with E-state index in [0.29, 0.717) is 30.3 Å². The first kappa shape index (κ1) is 26.9. The summed E-state index contributed by atoms with van der Waals surface area (Å²) in [6.07, 6.45) is 6.99. The Kier molecular flexibility index (Phi) is 8.21. The topological polar surface area (TPSA) is 72.4 Å². The molecule has 2 aliphatic rings. The maximum absolute atomic E-state index is 14.1. The Morgan fingerprint density at radius 3 is 2.45 bits per heavy atom. The summed E-state index contributed by atoms with van der Waals surface area (Å²) in [6.45, 7) is 1.86. The Bertz CT molecular complexity index is 1400. The Morgan fingerprint density at radius 2 is 1.74 bits per heavy atom. The van der Waals surface area contributed by atoms with Crippen LogP contribution in [0.25, 0.3) is 10.9 Å². The van der Waals surface area contributed by atoms with E-state index < -0.39 is 23.0 Å². The molecule has 1 aromatic heterocycles. The first-order valence-corrected chi connectivity index (χ1v) is 13.7. The molecule has 2 saturated carbocycles. The van der Waals surface area contributed by atoms with Crippen LogP contribution in [0.4, 0.5) is 8.78 Å². The van der Waals surface area contributed by atoms with Gasteiger partial charge >= 0.3 is 0 Å². The average Bonchev–Trinajstić information content (AvgIpc) is 3.74. The second-order valence-corrected chi connectivity index (χ2v) is 10.9. The van der Waals surface area contributed by atoms with E-state index in [9.17, 15) is 18.4 Å². The van der Waals surface area contributed by atoms with Crippen molar-refractivity contribution in [2.45, 2.75) is 50.6 Å². The number of hydrogen-bond acceptors (Lipinski definition) is 4. The van der Waals surface area contributed by atoms with Gasteiger partial charge in [-0.3, -0.25) is 9.59 Å². The van der Waals surface area contributed by atoms with Crippen LogP contribution in [-0.2, 0) is 0 Å². The summed E-state index contributed by atoms with van der Waals surface area (Å²) in [5.74, 6) is -0.688. The van der Waals surface area contributed by atoms with Crippen molar-refractivity contribution >= 4 is 40.0 Å². The number of hydrogen-bond donors (Lipinski definition) is 2. The van der Waals surface area contributed by atoms with Gasteiger partial charge in [-0.15, -0.1) is 0 Å². The third-order valence-electron chi connectivity index (χ3n) is 7.31. The number of ether oxygens (including phenoxy) is 1. The number of fused-ring (bicyclic) bond motifs is 1. The van der Waals surface area contributed by atoms with Gasteiger partial charge in [-0.2, -0.15) is 0 Å². The molecule has 2 fully saturated rings. The SMILES string of the molecule is O=C(NC1CCC(CNCCOc2ccc(Cl)c(F)c2)CC1)c1cn(C2CC2)c2cc(Cl)c(F)cc2c1=O. The number of nitrogens with one attached hydrogen (secondary N) is 2. The Hall–Kier alpha value is -2.68. The molecule has 202 valence electrons. The summed E-state index contributed by atoms with van der Waals surface area (Å²) in [4.78, 5) is 26.2. The van der Waals surface area contributed by atoms with Gasteiger partial charge in [0.1, 0.15) is 29.6 Å². The lowest BCUT2D eigenvalue weighted by atomic mass is 9.86. The molecule has 38 heavy (non-hydrogen) atoms. The fourth-order valence-electron chi connectivity index (χ4n) is 5.05. The first-order valence-electron chi connectivity index (χ1n) is 12.9. The molecule has 0 radical (unpaired) electrons. The molecule has 5 rings (SSSR count). The van der Waals surface area contributed by atoms with Crippen LogP contribution in [0.3, 0.4) is 0 Å². The number of carbonyl (C=O) groups excluding carboxylic acids is 1. The largest absolute Gasteiger partial charge is 0.492 e. The van der Waals surface area contributed by atoms with Crippen molar-refractivity contribution in [3.63, 3.8) is 0 Å². The van der Waals surface area contributed by atoms with Crippen LogP contribution in [0, 0.1) is 17.6 Å². The molecule has 6 nitrogen and oxygen atoms in total. The summed E-state index contributed by atoms with van der Waals surface area (Å²) < 4.78 is 35.1. The molecule has 0 saturated heterocycles. The highest BCUT2D eigenvalue weighted by atomic mass is 35.5. The molecule has 0 bridgehead atoms.